The molecule has 1 fully saturated rings. The number of hydrogen-bond acceptors (Lipinski definition) is 3. The third-order valence-electron chi connectivity index (χ3n) is 3.84. The van der Waals surface area contributed by atoms with E-state index in [1.165, 1.54) is 11.4 Å². The largest absolute Gasteiger partial charge is 0.399 e. The van der Waals surface area contributed by atoms with Crippen molar-refractivity contribution in [2.24, 2.45) is 0 Å². The highest BCUT2D eigenvalue weighted by molar-refractivity contribution is 5.56. The topological polar surface area (TPSA) is 42.1 Å². The van der Waals surface area contributed by atoms with Gasteiger partial charge in [0.05, 0.1) is 0 Å². The minimum atomic E-state index is 0.596. The first-order chi connectivity index (χ1) is 9.33. The fourth-order valence-corrected chi connectivity index (χ4v) is 2.77. The molecular formula is C16H19N3. The van der Waals surface area contributed by atoms with Gasteiger partial charge in [-0.3, -0.25) is 4.98 Å². The Balaban J connectivity index is 1.67. The van der Waals surface area contributed by atoms with Crippen LogP contribution in [0.4, 0.5) is 11.4 Å². The molecule has 1 aromatic carbocycles. The summed E-state index contributed by atoms with van der Waals surface area (Å²) in [6, 6.07) is 14.3. The monoisotopic (exact) mass is 253 g/mol. The number of nitrogen functional groups attached to an aromatic ring is 1. The van der Waals surface area contributed by atoms with E-state index < -0.39 is 0 Å². The van der Waals surface area contributed by atoms with Crippen molar-refractivity contribution in [3.05, 3.63) is 54.4 Å². The first-order valence-corrected chi connectivity index (χ1v) is 6.84. The number of nitrogens with zero attached hydrogens (tertiary/aromatic N) is 2. The van der Waals surface area contributed by atoms with Gasteiger partial charge < -0.3 is 10.6 Å². The average Bonchev–Trinajstić information content (AvgIpc) is 2.48. The molecule has 1 aliphatic rings. The lowest BCUT2D eigenvalue weighted by atomic mass is 9.93. The van der Waals surface area contributed by atoms with Crippen molar-refractivity contribution in [1.29, 1.82) is 0 Å². The molecule has 0 aliphatic carbocycles. The second kappa shape index (κ2) is 5.31. The number of anilines is 2. The van der Waals surface area contributed by atoms with Gasteiger partial charge in [0.15, 0.2) is 0 Å². The van der Waals surface area contributed by atoms with Gasteiger partial charge in [0.25, 0.3) is 0 Å². The van der Waals surface area contributed by atoms with E-state index in [1.807, 2.05) is 24.4 Å². The van der Waals surface area contributed by atoms with Gasteiger partial charge in [-0.15, -0.1) is 0 Å². The van der Waals surface area contributed by atoms with Crippen LogP contribution in [0.1, 0.15) is 24.5 Å². The molecule has 3 rings (SSSR count). The second-order valence-corrected chi connectivity index (χ2v) is 5.11. The van der Waals surface area contributed by atoms with E-state index in [4.69, 9.17) is 5.73 Å². The van der Waals surface area contributed by atoms with E-state index in [0.717, 1.165) is 31.6 Å². The maximum atomic E-state index is 5.85. The lowest BCUT2D eigenvalue weighted by Gasteiger charge is -2.33. The molecule has 0 saturated carbocycles. The first-order valence-electron chi connectivity index (χ1n) is 6.84. The van der Waals surface area contributed by atoms with Crippen molar-refractivity contribution in [1.82, 2.24) is 4.98 Å². The standard InChI is InChI=1S/C16H19N3/c17-14-4-3-5-15(12-14)19-10-7-13(8-11-19)16-6-1-2-9-18-16/h1-6,9,12-13H,7-8,10-11,17H2. The predicted octanol–water partition coefficient (Wildman–Crippen LogP) is 3.05. The highest BCUT2D eigenvalue weighted by atomic mass is 15.1. The summed E-state index contributed by atoms with van der Waals surface area (Å²) in [6.45, 7) is 2.15. The summed E-state index contributed by atoms with van der Waals surface area (Å²) < 4.78 is 0. The quantitative estimate of drug-likeness (QED) is 0.836. The van der Waals surface area contributed by atoms with Crippen molar-refractivity contribution in [2.45, 2.75) is 18.8 Å². The zero-order valence-corrected chi connectivity index (χ0v) is 11.0. The van der Waals surface area contributed by atoms with Crippen LogP contribution in [0.2, 0.25) is 0 Å². The molecule has 1 aromatic heterocycles. The zero-order chi connectivity index (χ0) is 13.1. The van der Waals surface area contributed by atoms with Crippen LogP contribution in [0.25, 0.3) is 0 Å². The average molecular weight is 253 g/mol. The minimum Gasteiger partial charge on any atom is -0.399 e. The molecule has 1 saturated heterocycles. The van der Waals surface area contributed by atoms with Crippen molar-refractivity contribution < 1.29 is 0 Å². The number of nitrogens with two attached hydrogens (primary N) is 1. The van der Waals surface area contributed by atoms with Gasteiger partial charge in [0.2, 0.25) is 0 Å². The van der Waals surface area contributed by atoms with E-state index in [1.54, 1.807) is 0 Å². The molecule has 2 N–H and O–H groups in total. The second-order valence-electron chi connectivity index (χ2n) is 5.11. The molecule has 3 nitrogen and oxygen atoms in total. The van der Waals surface area contributed by atoms with Crippen molar-refractivity contribution in [2.75, 3.05) is 23.7 Å². The van der Waals surface area contributed by atoms with Gasteiger partial charge in [-0.05, 0) is 43.2 Å². The summed E-state index contributed by atoms with van der Waals surface area (Å²) in [7, 11) is 0. The van der Waals surface area contributed by atoms with Crippen molar-refractivity contribution in [3.8, 4) is 0 Å². The van der Waals surface area contributed by atoms with Crippen LogP contribution in [-0.2, 0) is 0 Å². The Morgan fingerprint density at radius 1 is 1.05 bits per heavy atom. The lowest BCUT2D eigenvalue weighted by molar-refractivity contribution is 0.496. The van der Waals surface area contributed by atoms with Gasteiger partial charge in [0, 0.05) is 42.3 Å². The van der Waals surface area contributed by atoms with Crippen molar-refractivity contribution >= 4 is 11.4 Å². The third-order valence-corrected chi connectivity index (χ3v) is 3.84. The molecule has 98 valence electrons. The van der Waals surface area contributed by atoms with Crippen LogP contribution < -0.4 is 10.6 Å². The fraction of sp³-hybridized carbons (Fsp3) is 0.312. The molecule has 0 radical (unpaired) electrons. The summed E-state index contributed by atoms with van der Waals surface area (Å²) in [6.07, 6.45) is 4.21. The van der Waals surface area contributed by atoms with Crippen LogP contribution >= 0.6 is 0 Å². The molecular weight excluding hydrogens is 234 g/mol. The smallest absolute Gasteiger partial charge is 0.0435 e. The molecule has 2 aromatic rings. The molecule has 19 heavy (non-hydrogen) atoms. The summed E-state index contributed by atoms with van der Waals surface area (Å²) >= 11 is 0. The van der Waals surface area contributed by atoms with Crippen molar-refractivity contribution in [3.63, 3.8) is 0 Å². The van der Waals surface area contributed by atoms with E-state index in [0.29, 0.717) is 5.92 Å². The molecule has 0 unspecified atom stereocenters. The number of piperidine rings is 1. The van der Waals surface area contributed by atoms with Gasteiger partial charge in [-0.1, -0.05) is 12.1 Å². The van der Waals surface area contributed by atoms with Crippen LogP contribution in [-0.4, -0.2) is 18.1 Å². The number of rotatable bonds is 2. The predicted molar refractivity (Wildman–Crippen MR) is 79.3 cm³/mol. The highest BCUT2D eigenvalue weighted by Gasteiger charge is 2.21. The number of benzene rings is 1. The summed E-state index contributed by atoms with van der Waals surface area (Å²) in [5.74, 6) is 0.596. The Morgan fingerprint density at radius 3 is 2.58 bits per heavy atom. The Hall–Kier alpha value is -2.03. The van der Waals surface area contributed by atoms with Crippen LogP contribution in [0.5, 0.6) is 0 Å². The summed E-state index contributed by atoms with van der Waals surface area (Å²) in [5, 5.41) is 0. The van der Waals surface area contributed by atoms with E-state index in [9.17, 15) is 0 Å². The first kappa shape index (κ1) is 12.0. The Morgan fingerprint density at radius 2 is 1.89 bits per heavy atom. The Bertz CT molecular complexity index is 531. The normalized spacial score (nSPS) is 16.5. The number of hydrogen-bond donors (Lipinski definition) is 1. The molecule has 1 aliphatic heterocycles. The fourth-order valence-electron chi connectivity index (χ4n) is 2.77. The lowest BCUT2D eigenvalue weighted by Crippen LogP contribution is -2.33. The van der Waals surface area contributed by atoms with Gasteiger partial charge >= 0.3 is 0 Å². The van der Waals surface area contributed by atoms with Crippen LogP contribution in [0.3, 0.4) is 0 Å². The van der Waals surface area contributed by atoms with E-state index in [2.05, 4.69) is 34.1 Å². The number of aromatic nitrogens is 1. The van der Waals surface area contributed by atoms with Gasteiger partial charge in [-0.25, -0.2) is 0 Å². The number of pyridine rings is 1. The van der Waals surface area contributed by atoms with Crippen LogP contribution in [0.15, 0.2) is 48.7 Å². The molecule has 0 amide bonds. The van der Waals surface area contributed by atoms with E-state index >= 15 is 0 Å². The maximum Gasteiger partial charge on any atom is 0.0435 e. The Kier molecular flexibility index (Phi) is 3.36. The molecule has 0 spiro atoms. The molecule has 0 atom stereocenters. The molecule has 0 bridgehead atoms. The third kappa shape index (κ3) is 2.70. The molecule has 3 heteroatoms. The summed E-state index contributed by atoms with van der Waals surface area (Å²) in [5.41, 5.74) is 9.15. The van der Waals surface area contributed by atoms with E-state index in [-0.39, 0.29) is 0 Å². The van der Waals surface area contributed by atoms with Crippen LogP contribution in [0, 0.1) is 0 Å². The molecule has 2 heterocycles. The van der Waals surface area contributed by atoms with Gasteiger partial charge in [0.1, 0.15) is 0 Å². The SMILES string of the molecule is Nc1cccc(N2CCC(c3ccccn3)CC2)c1. The minimum absolute atomic E-state index is 0.596. The van der Waals surface area contributed by atoms with Gasteiger partial charge in [-0.2, -0.15) is 0 Å². The Labute approximate surface area is 114 Å². The maximum absolute atomic E-state index is 5.85. The summed E-state index contributed by atoms with van der Waals surface area (Å²) in [4.78, 5) is 6.89. The zero-order valence-electron chi connectivity index (χ0n) is 11.0. The highest BCUT2D eigenvalue weighted by Crippen LogP contribution is 2.29.